The number of hydrogen-bond acceptors (Lipinski definition) is 6. The maximum Gasteiger partial charge on any atom is 0.277 e. The Balaban J connectivity index is 2.48. The zero-order valence-corrected chi connectivity index (χ0v) is 8.94. The SMILES string of the molecule is CCC1=NC2=NC(N)(C(C)=O)NC(=O)C2=N1. The number of aliphatic imine (C=N–C) groups is 3. The van der Waals surface area contributed by atoms with Gasteiger partial charge in [-0.2, -0.15) is 0 Å². The van der Waals surface area contributed by atoms with Crippen LogP contribution in [0.25, 0.3) is 0 Å². The van der Waals surface area contributed by atoms with Gasteiger partial charge in [0.2, 0.25) is 5.79 Å². The summed E-state index contributed by atoms with van der Waals surface area (Å²) in [7, 11) is 0. The fourth-order valence-electron chi connectivity index (χ4n) is 1.36. The molecule has 2 aliphatic rings. The fraction of sp³-hybridized carbons (Fsp3) is 0.444. The molecule has 0 radical (unpaired) electrons. The molecule has 0 fully saturated rings. The summed E-state index contributed by atoms with van der Waals surface area (Å²) in [6.07, 6.45) is 0.591. The van der Waals surface area contributed by atoms with E-state index < -0.39 is 17.5 Å². The largest absolute Gasteiger partial charge is 0.308 e. The van der Waals surface area contributed by atoms with E-state index in [0.717, 1.165) is 0 Å². The first-order chi connectivity index (χ1) is 7.46. The molecule has 3 N–H and O–H groups in total. The third kappa shape index (κ3) is 1.45. The average Bonchev–Trinajstić information content (AvgIpc) is 2.60. The van der Waals surface area contributed by atoms with E-state index in [4.69, 9.17) is 5.73 Å². The van der Waals surface area contributed by atoms with Crippen LogP contribution in [0.4, 0.5) is 0 Å². The highest BCUT2D eigenvalue weighted by Gasteiger charge is 2.41. The molecule has 0 bridgehead atoms. The molecule has 0 spiro atoms. The Morgan fingerprint density at radius 3 is 2.75 bits per heavy atom. The second-order valence-corrected chi connectivity index (χ2v) is 3.55. The topological polar surface area (TPSA) is 109 Å². The quantitative estimate of drug-likeness (QED) is 0.622. The van der Waals surface area contributed by atoms with E-state index >= 15 is 0 Å². The molecule has 84 valence electrons. The lowest BCUT2D eigenvalue weighted by Gasteiger charge is -2.26. The molecule has 2 rings (SSSR count). The molecule has 2 aliphatic heterocycles. The molecule has 0 saturated heterocycles. The molecule has 1 amide bonds. The second kappa shape index (κ2) is 3.31. The van der Waals surface area contributed by atoms with E-state index in [0.29, 0.717) is 12.3 Å². The Morgan fingerprint density at radius 1 is 1.50 bits per heavy atom. The van der Waals surface area contributed by atoms with Crippen LogP contribution in [0.3, 0.4) is 0 Å². The molecule has 7 heteroatoms. The van der Waals surface area contributed by atoms with Crippen molar-refractivity contribution in [1.29, 1.82) is 0 Å². The number of nitrogens with one attached hydrogen (secondary N) is 1. The van der Waals surface area contributed by atoms with E-state index in [9.17, 15) is 9.59 Å². The van der Waals surface area contributed by atoms with E-state index in [1.807, 2.05) is 6.92 Å². The van der Waals surface area contributed by atoms with Crippen molar-refractivity contribution in [1.82, 2.24) is 5.32 Å². The van der Waals surface area contributed by atoms with Crippen LogP contribution in [-0.4, -0.2) is 34.9 Å². The summed E-state index contributed by atoms with van der Waals surface area (Å²) in [5.41, 5.74) is 5.77. The summed E-state index contributed by atoms with van der Waals surface area (Å²) in [5.74, 6) is -2.03. The van der Waals surface area contributed by atoms with Crippen molar-refractivity contribution in [3.8, 4) is 0 Å². The van der Waals surface area contributed by atoms with E-state index in [-0.39, 0.29) is 11.5 Å². The number of carbonyl (C=O) groups is 2. The second-order valence-electron chi connectivity index (χ2n) is 3.55. The van der Waals surface area contributed by atoms with Gasteiger partial charge in [0.05, 0.1) is 0 Å². The summed E-state index contributed by atoms with van der Waals surface area (Å²) >= 11 is 0. The van der Waals surface area contributed by atoms with E-state index in [1.54, 1.807) is 0 Å². The van der Waals surface area contributed by atoms with Gasteiger partial charge in [0, 0.05) is 13.3 Å². The first-order valence-electron chi connectivity index (χ1n) is 4.85. The van der Waals surface area contributed by atoms with Crippen molar-refractivity contribution >= 4 is 29.1 Å². The smallest absolute Gasteiger partial charge is 0.277 e. The Hall–Kier alpha value is -1.89. The van der Waals surface area contributed by atoms with Gasteiger partial charge in [0.1, 0.15) is 5.84 Å². The van der Waals surface area contributed by atoms with Crippen molar-refractivity contribution in [2.24, 2.45) is 20.7 Å². The van der Waals surface area contributed by atoms with Crippen molar-refractivity contribution in [2.75, 3.05) is 0 Å². The van der Waals surface area contributed by atoms with Crippen LogP contribution in [0, 0.1) is 0 Å². The lowest BCUT2D eigenvalue weighted by Crippen LogP contribution is -2.64. The number of amides is 1. The van der Waals surface area contributed by atoms with E-state index in [1.165, 1.54) is 6.92 Å². The van der Waals surface area contributed by atoms with Crippen molar-refractivity contribution in [3.05, 3.63) is 0 Å². The van der Waals surface area contributed by atoms with Gasteiger partial charge < -0.3 is 5.32 Å². The number of rotatable bonds is 2. The van der Waals surface area contributed by atoms with Crippen molar-refractivity contribution in [2.45, 2.75) is 26.1 Å². The maximum atomic E-state index is 11.6. The lowest BCUT2D eigenvalue weighted by molar-refractivity contribution is -0.127. The Morgan fingerprint density at radius 2 is 2.19 bits per heavy atom. The van der Waals surface area contributed by atoms with Crippen LogP contribution in [0.15, 0.2) is 15.0 Å². The van der Waals surface area contributed by atoms with Gasteiger partial charge in [-0.15, -0.1) is 0 Å². The average molecular weight is 221 g/mol. The summed E-state index contributed by atoms with van der Waals surface area (Å²) in [6, 6.07) is 0. The zero-order chi connectivity index (χ0) is 11.9. The minimum Gasteiger partial charge on any atom is -0.308 e. The summed E-state index contributed by atoms with van der Waals surface area (Å²) in [6.45, 7) is 3.12. The molecule has 1 unspecified atom stereocenters. The number of nitrogens with two attached hydrogens (primary N) is 1. The predicted molar refractivity (Wildman–Crippen MR) is 58.3 cm³/mol. The normalized spacial score (nSPS) is 27.7. The maximum absolute atomic E-state index is 11.6. The third-order valence-electron chi connectivity index (χ3n) is 2.34. The highest BCUT2D eigenvalue weighted by molar-refractivity contribution is 6.70. The molecule has 0 aromatic carbocycles. The van der Waals surface area contributed by atoms with Crippen LogP contribution in [-0.2, 0) is 9.59 Å². The van der Waals surface area contributed by atoms with Gasteiger partial charge >= 0.3 is 0 Å². The number of nitrogens with zero attached hydrogens (tertiary/aromatic N) is 3. The summed E-state index contributed by atoms with van der Waals surface area (Å²) in [5, 5.41) is 2.31. The number of ketones is 1. The fourth-order valence-corrected chi connectivity index (χ4v) is 1.36. The molecule has 7 nitrogen and oxygen atoms in total. The monoisotopic (exact) mass is 221 g/mol. The first-order valence-corrected chi connectivity index (χ1v) is 4.85. The Bertz CT molecular complexity index is 476. The zero-order valence-electron chi connectivity index (χ0n) is 8.94. The number of carbonyl (C=O) groups excluding carboxylic acids is 2. The van der Waals surface area contributed by atoms with Gasteiger partial charge in [0.15, 0.2) is 17.3 Å². The minimum atomic E-state index is -1.71. The molecule has 2 heterocycles. The molecular weight excluding hydrogens is 210 g/mol. The third-order valence-corrected chi connectivity index (χ3v) is 2.34. The van der Waals surface area contributed by atoms with Gasteiger partial charge in [-0.3, -0.25) is 15.3 Å². The highest BCUT2D eigenvalue weighted by Crippen LogP contribution is 2.13. The first kappa shape index (κ1) is 10.6. The van der Waals surface area contributed by atoms with Crippen LogP contribution in [0.1, 0.15) is 20.3 Å². The lowest BCUT2D eigenvalue weighted by atomic mass is 10.1. The molecule has 1 atom stereocenters. The minimum absolute atomic E-state index is 0.124. The standard InChI is InChI=1S/C9H11N5O2/c1-3-5-11-6-7(12-5)13-9(10,4(2)15)14-8(6)16/h3,10H2,1-2H3,(H,14,16). The van der Waals surface area contributed by atoms with E-state index in [2.05, 4.69) is 20.3 Å². The highest BCUT2D eigenvalue weighted by atomic mass is 16.2. The van der Waals surface area contributed by atoms with Crippen molar-refractivity contribution in [3.63, 3.8) is 0 Å². The van der Waals surface area contributed by atoms with Gasteiger partial charge in [-0.05, 0) is 0 Å². The molecule has 16 heavy (non-hydrogen) atoms. The van der Waals surface area contributed by atoms with Gasteiger partial charge in [-0.25, -0.2) is 15.0 Å². The van der Waals surface area contributed by atoms with Crippen LogP contribution < -0.4 is 11.1 Å². The molecular formula is C9H11N5O2. The van der Waals surface area contributed by atoms with Gasteiger partial charge in [-0.1, -0.05) is 6.92 Å². The van der Waals surface area contributed by atoms with Crippen LogP contribution >= 0.6 is 0 Å². The predicted octanol–water partition coefficient (Wildman–Crippen LogP) is -1.02. The summed E-state index contributed by atoms with van der Waals surface area (Å²) in [4.78, 5) is 34.8. The molecule has 0 aromatic rings. The Labute approximate surface area is 91.5 Å². The number of fused-ring (bicyclic) bond motifs is 1. The number of Topliss-reactive ketones (excluding diaryl/α,β-unsaturated/α-hetero) is 1. The van der Waals surface area contributed by atoms with Gasteiger partial charge in [0.25, 0.3) is 5.91 Å². The molecule has 0 saturated carbocycles. The molecule has 0 aromatic heterocycles. The van der Waals surface area contributed by atoms with Crippen LogP contribution in [0.5, 0.6) is 0 Å². The number of amidine groups is 2. The molecule has 0 aliphatic carbocycles. The van der Waals surface area contributed by atoms with Crippen LogP contribution in [0.2, 0.25) is 0 Å². The van der Waals surface area contributed by atoms with Crippen molar-refractivity contribution < 1.29 is 9.59 Å². The Kier molecular flexibility index (Phi) is 2.20. The number of hydrogen-bond donors (Lipinski definition) is 2. The summed E-state index contributed by atoms with van der Waals surface area (Å²) < 4.78 is 0.